The Morgan fingerprint density at radius 3 is 2.33 bits per heavy atom. The van der Waals surface area contributed by atoms with E-state index in [1.807, 2.05) is 33.8 Å². The number of hydrogen-bond donors (Lipinski definition) is 1. The number of nitriles is 1. The number of carbonyl (C=O) groups is 1. The van der Waals surface area contributed by atoms with E-state index in [4.69, 9.17) is 10.4 Å². The van der Waals surface area contributed by atoms with Gasteiger partial charge in [0, 0.05) is 5.57 Å². The summed E-state index contributed by atoms with van der Waals surface area (Å²) in [5.41, 5.74) is 0.486. The first-order valence-electron chi connectivity index (χ1n) is 5.17. The first-order valence-corrected chi connectivity index (χ1v) is 5.17. The van der Waals surface area contributed by atoms with Gasteiger partial charge in [-0.3, -0.25) is 4.79 Å². The zero-order valence-corrected chi connectivity index (χ0v) is 9.61. The lowest BCUT2D eigenvalue weighted by atomic mass is 10.0. The summed E-state index contributed by atoms with van der Waals surface area (Å²) < 4.78 is 0. The minimum Gasteiger partial charge on any atom is -0.481 e. The van der Waals surface area contributed by atoms with Crippen molar-refractivity contribution in [2.45, 2.75) is 27.7 Å². The van der Waals surface area contributed by atoms with Crippen LogP contribution in [0.25, 0.3) is 0 Å². The zero-order chi connectivity index (χ0) is 11.8. The average Bonchev–Trinajstić information content (AvgIpc) is 2.63. The number of carboxylic acid groups (broad SMARTS) is 1. The first kappa shape index (κ1) is 11.8. The van der Waals surface area contributed by atoms with E-state index in [1.54, 1.807) is 0 Å². The van der Waals surface area contributed by atoms with Crippen LogP contribution in [0, 0.1) is 34.5 Å². The summed E-state index contributed by atoms with van der Waals surface area (Å²) >= 11 is 0. The Bertz CT molecular complexity index is 347. The third-order valence-corrected chi connectivity index (χ3v) is 3.29. The van der Waals surface area contributed by atoms with Gasteiger partial charge in [0.05, 0.1) is 12.0 Å². The molecule has 0 radical (unpaired) electrons. The van der Waals surface area contributed by atoms with Crippen molar-refractivity contribution in [1.29, 1.82) is 5.26 Å². The van der Waals surface area contributed by atoms with Crippen LogP contribution in [0.1, 0.15) is 27.7 Å². The second kappa shape index (κ2) is 3.69. The Labute approximate surface area is 90.4 Å². The van der Waals surface area contributed by atoms with Crippen LogP contribution < -0.4 is 0 Å². The van der Waals surface area contributed by atoms with E-state index in [-0.39, 0.29) is 23.2 Å². The first-order chi connectivity index (χ1) is 6.82. The van der Waals surface area contributed by atoms with Gasteiger partial charge in [-0.05, 0) is 17.3 Å². The van der Waals surface area contributed by atoms with Crippen molar-refractivity contribution in [3.8, 4) is 6.07 Å². The lowest BCUT2D eigenvalue weighted by Gasteiger charge is -2.02. The van der Waals surface area contributed by atoms with Crippen LogP contribution in [-0.2, 0) is 4.79 Å². The highest BCUT2D eigenvalue weighted by atomic mass is 16.4. The minimum absolute atomic E-state index is 0.00653. The van der Waals surface area contributed by atoms with Gasteiger partial charge in [-0.15, -0.1) is 0 Å². The molecule has 1 N–H and O–H groups in total. The number of hydrogen-bond acceptors (Lipinski definition) is 2. The van der Waals surface area contributed by atoms with E-state index < -0.39 is 5.97 Å². The Balaban J connectivity index is 2.86. The predicted octanol–water partition coefficient (Wildman–Crippen LogP) is 2.45. The smallest absolute Gasteiger partial charge is 0.307 e. The molecule has 0 spiro atoms. The van der Waals surface area contributed by atoms with Crippen LogP contribution in [0.3, 0.4) is 0 Å². The van der Waals surface area contributed by atoms with Gasteiger partial charge < -0.3 is 5.11 Å². The largest absolute Gasteiger partial charge is 0.481 e. The monoisotopic (exact) mass is 207 g/mol. The van der Waals surface area contributed by atoms with Crippen LogP contribution in [0.5, 0.6) is 0 Å². The van der Waals surface area contributed by atoms with Crippen LogP contribution in [-0.4, -0.2) is 11.1 Å². The summed E-state index contributed by atoms with van der Waals surface area (Å²) in [5, 5.41) is 17.9. The van der Waals surface area contributed by atoms with E-state index in [0.717, 1.165) is 0 Å². The van der Waals surface area contributed by atoms with Gasteiger partial charge in [0.15, 0.2) is 0 Å². The highest BCUT2D eigenvalue weighted by molar-refractivity contribution is 5.76. The normalized spacial score (nSPS) is 28.7. The lowest BCUT2D eigenvalue weighted by Crippen LogP contribution is -2.03. The quantitative estimate of drug-likeness (QED) is 0.723. The molecule has 3 heteroatoms. The molecule has 1 aliphatic rings. The van der Waals surface area contributed by atoms with Gasteiger partial charge in [0.25, 0.3) is 0 Å². The Kier molecular flexibility index (Phi) is 2.90. The maximum absolute atomic E-state index is 10.9. The molecule has 0 aromatic carbocycles. The van der Waals surface area contributed by atoms with E-state index in [0.29, 0.717) is 5.57 Å². The SMILES string of the molecule is CC(C)/C(C#N)=C\C1C(C(=O)O)C1(C)C. The molecule has 15 heavy (non-hydrogen) atoms. The fourth-order valence-corrected chi connectivity index (χ4v) is 2.01. The predicted molar refractivity (Wildman–Crippen MR) is 56.9 cm³/mol. The molecule has 0 saturated heterocycles. The average molecular weight is 207 g/mol. The fraction of sp³-hybridized carbons (Fsp3) is 0.667. The van der Waals surface area contributed by atoms with Crippen molar-refractivity contribution >= 4 is 5.97 Å². The molecule has 1 aliphatic carbocycles. The number of rotatable bonds is 3. The Morgan fingerprint density at radius 2 is 2.07 bits per heavy atom. The molecule has 3 nitrogen and oxygen atoms in total. The van der Waals surface area contributed by atoms with E-state index in [9.17, 15) is 4.79 Å². The van der Waals surface area contributed by atoms with E-state index in [2.05, 4.69) is 6.07 Å². The molecule has 0 amide bonds. The molecule has 0 aromatic heterocycles. The molecule has 82 valence electrons. The second-order valence-electron chi connectivity index (χ2n) is 5.05. The summed E-state index contributed by atoms with van der Waals surface area (Å²) in [5.74, 6) is -0.921. The van der Waals surface area contributed by atoms with Gasteiger partial charge in [0.2, 0.25) is 0 Å². The molecule has 0 aromatic rings. The van der Waals surface area contributed by atoms with Crippen molar-refractivity contribution in [3.05, 3.63) is 11.6 Å². The Hall–Kier alpha value is -1.30. The summed E-state index contributed by atoms with van der Waals surface area (Å²) in [4.78, 5) is 10.9. The van der Waals surface area contributed by atoms with Crippen molar-refractivity contribution in [2.24, 2.45) is 23.2 Å². The van der Waals surface area contributed by atoms with Gasteiger partial charge in [-0.1, -0.05) is 33.8 Å². The van der Waals surface area contributed by atoms with Gasteiger partial charge >= 0.3 is 5.97 Å². The van der Waals surface area contributed by atoms with E-state index >= 15 is 0 Å². The zero-order valence-electron chi connectivity index (χ0n) is 9.61. The summed E-state index contributed by atoms with van der Waals surface area (Å²) in [6.07, 6.45) is 1.84. The van der Waals surface area contributed by atoms with Crippen molar-refractivity contribution in [1.82, 2.24) is 0 Å². The topological polar surface area (TPSA) is 61.1 Å². The van der Waals surface area contributed by atoms with Crippen molar-refractivity contribution in [2.75, 3.05) is 0 Å². The van der Waals surface area contributed by atoms with Gasteiger partial charge in [-0.2, -0.15) is 5.26 Å². The molecular weight excluding hydrogens is 190 g/mol. The number of carboxylic acids is 1. The highest BCUT2D eigenvalue weighted by Crippen LogP contribution is 2.59. The molecule has 0 heterocycles. The standard InChI is InChI=1S/C12H17NO2/c1-7(2)8(6-13)5-9-10(11(14)15)12(9,3)4/h5,7,9-10H,1-4H3,(H,14,15)/b8-5-. The molecule has 0 bridgehead atoms. The number of aliphatic carboxylic acids is 1. The summed E-state index contributed by atoms with van der Waals surface area (Å²) in [6.45, 7) is 7.75. The number of allylic oxidation sites excluding steroid dienone is 2. The molecular formula is C12H17NO2. The lowest BCUT2D eigenvalue weighted by molar-refractivity contribution is -0.139. The van der Waals surface area contributed by atoms with Crippen LogP contribution in [0.4, 0.5) is 0 Å². The molecule has 2 atom stereocenters. The van der Waals surface area contributed by atoms with Crippen molar-refractivity contribution < 1.29 is 9.90 Å². The van der Waals surface area contributed by atoms with E-state index in [1.165, 1.54) is 0 Å². The van der Waals surface area contributed by atoms with Crippen LogP contribution in [0.15, 0.2) is 11.6 Å². The fourth-order valence-electron chi connectivity index (χ4n) is 2.01. The van der Waals surface area contributed by atoms with Crippen LogP contribution in [0.2, 0.25) is 0 Å². The molecule has 1 rings (SSSR count). The summed E-state index contributed by atoms with van der Waals surface area (Å²) in [6, 6.07) is 2.14. The molecule has 2 unspecified atom stereocenters. The third kappa shape index (κ3) is 2.04. The maximum Gasteiger partial charge on any atom is 0.307 e. The van der Waals surface area contributed by atoms with Gasteiger partial charge in [0.1, 0.15) is 0 Å². The second-order valence-corrected chi connectivity index (χ2v) is 5.05. The molecule has 1 fully saturated rings. The van der Waals surface area contributed by atoms with Gasteiger partial charge in [-0.25, -0.2) is 0 Å². The molecule has 1 saturated carbocycles. The minimum atomic E-state index is -0.762. The Morgan fingerprint density at radius 1 is 1.53 bits per heavy atom. The third-order valence-electron chi connectivity index (χ3n) is 3.29. The molecule has 0 aliphatic heterocycles. The van der Waals surface area contributed by atoms with Crippen molar-refractivity contribution in [3.63, 3.8) is 0 Å². The number of nitrogens with zero attached hydrogens (tertiary/aromatic N) is 1. The van der Waals surface area contributed by atoms with Crippen LogP contribution >= 0.6 is 0 Å². The highest BCUT2D eigenvalue weighted by Gasteiger charge is 2.61. The maximum atomic E-state index is 10.9. The summed E-state index contributed by atoms with van der Waals surface area (Å²) in [7, 11) is 0.